The molecule has 0 unspecified atom stereocenters. The number of nitrogens with zero attached hydrogens (tertiary/aromatic N) is 2. The number of pyridine rings is 1. The Kier molecular flexibility index (Phi) is 5.37. The minimum absolute atomic E-state index is 0.0132. The van der Waals surface area contributed by atoms with E-state index in [1.54, 1.807) is 35.8 Å². The molecule has 0 N–H and O–H groups in total. The first-order chi connectivity index (χ1) is 12.9. The average molecular weight is 387 g/mol. The molecule has 138 valence electrons. The fourth-order valence-electron chi connectivity index (χ4n) is 2.88. The molecular weight excluding hydrogens is 371 g/mol. The van der Waals surface area contributed by atoms with Crippen molar-refractivity contribution < 1.29 is 18.7 Å². The lowest BCUT2D eigenvalue weighted by Gasteiger charge is -2.10. The lowest BCUT2D eigenvalue weighted by atomic mass is 10.1. The number of rotatable bonds is 5. The van der Waals surface area contributed by atoms with Gasteiger partial charge in [0, 0.05) is 28.8 Å². The number of Topliss-reactive ketones (excluding diaryl/α,β-unsaturated/α-hetero) is 1. The third-order valence-corrected chi connectivity index (χ3v) is 4.41. The number of ketones is 1. The zero-order valence-corrected chi connectivity index (χ0v) is 15.5. The summed E-state index contributed by atoms with van der Waals surface area (Å²) in [6.45, 7) is 3.14. The highest BCUT2D eigenvalue weighted by Crippen LogP contribution is 2.22. The van der Waals surface area contributed by atoms with Gasteiger partial charge in [0.05, 0.1) is 5.56 Å². The Hall–Kier alpha value is -2.99. The molecule has 1 aromatic carbocycles. The molecule has 0 fully saturated rings. The van der Waals surface area contributed by atoms with Crippen LogP contribution in [0.3, 0.4) is 0 Å². The van der Waals surface area contributed by atoms with Gasteiger partial charge in [0.1, 0.15) is 11.0 Å². The molecule has 2 heterocycles. The largest absolute Gasteiger partial charge is 0.454 e. The SMILES string of the molecule is Cc1cc(C(=O)COC(=O)c2cccnc2Cl)c(C)n1-c1cccc(F)c1. The standard InChI is InChI=1S/C20H16ClFN2O3/c1-12-9-17(13(2)24(12)15-6-3-5-14(22)10-15)18(25)11-27-20(26)16-7-4-8-23-19(16)21/h3-10H,11H2,1-2H3. The van der Waals surface area contributed by atoms with Gasteiger partial charge in [-0.05, 0) is 50.2 Å². The summed E-state index contributed by atoms with van der Waals surface area (Å²) in [4.78, 5) is 28.4. The summed E-state index contributed by atoms with van der Waals surface area (Å²) in [7, 11) is 0. The molecule has 0 saturated heterocycles. The van der Waals surface area contributed by atoms with E-state index in [0.29, 0.717) is 16.9 Å². The van der Waals surface area contributed by atoms with E-state index in [2.05, 4.69) is 4.98 Å². The maximum absolute atomic E-state index is 13.5. The smallest absolute Gasteiger partial charge is 0.341 e. The highest BCUT2D eigenvalue weighted by molar-refractivity contribution is 6.32. The number of benzene rings is 1. The second kappa shape index (κ2) is 7.72. The van der Waals surface area contributed by atoms with Gasteiger partial charge in [0.15, 0.2) is 6.61 Å². The number of aryl methyl sites for hydroxylation is 1. The molecule has 0 aliphatic heterocycles. The van der Waals surface area contributed by atoms with Crippen molar-refractivity contribution in [1.82, 2.24) is 9.55 Å². The second-order valence-electron chi connectivity index (χ2n) is 5.94. The van der Waals surface area contributed by atoms with Gasteiger partial charge in [-0.25, -0.2) is 14.2 Å². The first-order valence-electron chi connectivity index (χ1n) is 8.14. The third kappa shape index (κ3) is 3.90. The zero-order valence-electron chi connectivity index (χ0n) is 14.7. The number of ether oxygens (including phenoxy) is 1. The van der Waals surface area contributed by atoms with Crippen molar-refractivity contribution in [1.29, 1.82) is 0 Å². The summed E-state index contributed by atoms with van der Waals surface area (Å²) < 4.78 is 20.4. The average Bonchev–Trinajstić information content (AvgIpc) is 2.94. The second-order valence-corrected chi connectivity index (χ2v) is 6.30. The molecular formula is C20H16ClFN2O3. The quantitative estimate of drug-likeness (QED) is 0.372. The van der Waals surface area contributed by atoms with Gasteiger partial charge in [0.2, 0.25) is 5.78 Å². The van der Waals surface area contributed by atoms with Crippen molar-refractivity contribution in [3.05, 3.63) is 82.1 Å². The van der Waals surface area contributed by atoms with E-state index in [1.165, 1.54) is 24.4 Å². The first-order valence-corrected chi connectivity index (χ1v) is 8.52. The van der Waals surface area contributed by atoms with E-state index in [1.807, 2.05) is 6.92 Å². The van der Waals surface area contributed by atoms with Gasteiger partial charge in [-0.3, -0.25) is 4.79 Å². The van der Waals surface area contributed by atoms with Crippen LogP contribution in [-0.2, 0) is 4.74 Å². The first kappa shape index (κ1) is 18.8. The predicted octanol–water partition coefficient (Wildman–Crippen LogP) is 4.32. The van der Waals surface area contributed by atoms with Crippen molar-refractivity contribution in [3.63, 3.8) is 0 Å². The van der Waals surface area contributed by atoms with Crippen LogP contribution in [0, 0.1) is 19.7 Å². The van der Waals surface area contributed by atoms with Crippen molar-refractivity contribution in [2.24, 2.45) is 0 Å². The number of carbonyl (C=O) groups is 2. The lowest BCUT2D eigenvalue weighted by molar-refractivity contribution is 0.0474. The highest BCUT2D eigenvalue weighted by Gasteiger charge is 2.19. The predicted molar refractivity (Wildman–Crippen MR) is 99.1 cm³/mol. The van der Waals surface area contributed by atoms with Crippen LogP contribution >= 0.6 is 11.6 Å². The van der Waals surface area contributed by atoms with Crippen LogP contribution in [0.5, 0.6) is 0 Å². The van der Waals surface area contributed by atoms with E-state index in [-0.39, 0.29) is 22.3 Å². The van der Waals surface area contributed by atoms with E-state index < -0.39 is 12.6 Å². The van der Waals surface area contributed by atoms with Crippen LogP contribution in [-0.4, -0.2) is 27.9 Å². The van der Waals surface area contributed by atoms with E-state index >= 15 is 0 Å². The Bertz CT molecular complexity index is 1030. The molecule has 0 saturated carbocycles. The Balaban J connectivity index is 1.79. The molecule has 3 rings (SSSR count). The third-order valence-electron chi connectivity index (χ3n) is 4.11. The van der Waals surface area contributed by atoms with Crippen LogP contribution in [0.2, 0.25) is 5.15 Å². The van der Waals surface area contributed by atoms with Gasteiger partial charge >= 0.3 is 5.97 Å². The number of halogens is 2. The fraction of sp³-hybridized carbons (Fsp3) is 0.150. The number of hydrogen-bond donors (Lipinski definition) is 0. The van der Waals surface area contributed by atoms with Gasteiger partial charge in [-0.2, -0.15) is 0 Å². The summed E-state index contributed by atoms with van der Waals surface area (Å²) >= 11 is 5.85. The van der Waals surface area contributed by atoms with Gasteiger partial charge in [-0.1, -0.05) is 17.7 Å². The maximum atomic E-state index is 13.5. The molecule has 0 atom stereocenters. The van der Waals surface area contributed by atoms with E-state index in [4.69, 9.17) is 16.3 Å². The topological polar surface area (TPSA) is 61.2 Å². The number of esters is 1. The van der Waals surface area contributed by atoms with Crippen molar-refractivity contribution in [3.8, 4) is 5.69 Å². The molecule has 0 aliphatic rings. The van der Waals surface area contributed by atoms with Crippen molar-refractivity contribution in [2.75, 3.05) is 6.61 Å². The monoisotopic (exact) mass is 386 g/mol. The van der Waals surface area contributed by atoms with Crippen molar-refractivity contribution in [2.45, 2.75) is 13.8 Å². The molecule has 0 amide bonds. The molecule has 0 radical (unpaired) electrons. The molecule has 5 nitrogen and oxygen atoms in total. The number of carbonyl (C=O) groups excluding carboxylic acids is 2. The summed E-state index contributed by atoms with van der Waals surface area (Å²) in [5.74, 6) is -1.45. The number of hydrogen-bond acceptors (Lipinski definition) is 4. The molecule has 0 spiro atoms. The van der Waals surface area contributed by atoms with E-state index in [9.17, 15) is 14.0 Å². The fourth-order valence-corrected chi connectivity index (χ4v) is 3.08. The van der Waals surface area contributed by atoms with Gasteiger partial charge in [-0.15, -0.1) is 0 Å². The van der Waals surface area contributed by atoms with Crippen LogP contribution in [0.4, 0.5) is 4.39 Å². The number of aromatic nitrogens is 2. The molecule has 3 aromatic rings. The Morgan fingerprint density at radius 1 is 1.15 bits per heavy atom. The van der Waals surface area contributed by atoms with Gasteiger partial charge < -0.3 is 9.30 Å². The van der Waals surface area contributed by atoms with Crippen LogP contribution in [0.15, 0.2) is 48.7 Å². The highest BCUT2D eigenvalue weighted by atomic mass is 35.5. The van der Waals surface area contributed by atoms with Crippen LogP contribution < -0.4 is 0 Å². The van der Waals surface area contributed by atoms with Gasteiger partial charge in [0.25, 0.3) is 0 Å². The Morgan fingerprint density at radius 2 is 1.93 bits per heavy atom. The minimum atomic E-state index is -0.722. The lowest BCUT2D eigenvalue weighted by Crippen LogP contribution is -2.15. The maximum Gasteiger partial charge on any atom is 0.341 e. The van der Waals surface area contributed by atoms with E-state index in [0.717, 1.165) is 5.69 Å². The molecule has 2 aromatic heterocycles. The normalized spacial score (nSPS) is 10.7. The zero-order chi connectivity index (χ0) is 19.6. The van der Waals surface area contributed by atoms with Crippen LogP contribution in [0.1, 0.15) is 32.1 Å². The molecule has 27 heavy (non-hydrogen) atoms. The summed E-state index contributed by atoms with van der Waals surface area (Å²) in [6, 6.07) is 10.8. The van der Waals surface area contributed by atoms with Crippen molar-refractivity contribution >= 4 is 23.4 Å². The molecule has 0 bridgehead atoms. The van der Waals surface area contributed by atoms with Crippen LogP contribution in [0.25, 0.3) is 5.69 Å². The summed E-state index contributed by atoms with van der Waals surface area (Å²) in [5, 5.41) is 0.0132. The Morgan fingerprint density at radius 3 is 2.63 bits per heavy atom. The minimum Gasteiger partial charge on any atom is -0.454 e. The molecule has 7 heteroatoms. The Labute approximate surface area is 160 Å². The summed E-state index contributed by atoms with van der Waals surface area (Å²) in [5.41, 5.74) is 2.52. The molecule has 0 aliphatic carbocycles. The summed E-state index contributed by atoms with van der Waals surface area (Å²) in [6.07, 6.45) is 1.45.